The molecule has 2 rings (SSSR count). The Balaban J connectivity index is 2.15. The van der Waals surface area contributed by atoms with Gasteiger partial charge in [0.15, 0.2) is 0 Å². The van der Waals surface area contributed by atoms with Crippen molar-refractivity contribution in [2.75, 3.05) is 0 Å². The predicted molar refractivity (Wildman–Crippen MR) is 67.8 cm³/mol. The Morgan fingerprint density at radius 1 is 1.11 bits per heavy atom. The Morgan fingerprint density at radius 3 is 2.53 bits per heavy atom. The van der Waals surface area contributed by atoms with Crippen LogP contribution in [-0.2, 0) is 6.61 Å². The molecule has 1 N–H and O–H groups in total. The molecule has 2 aromatic carbocycles. The molecule has 2 nitrogen and oxygen atoms in total. The van der Waals surface area contributed by atoms with Crippen LogP contribution in [0.4, 0.5) is 8.78 Å². The highest BCUT2D eigenvalue weighted by molar-refractivity contribution is 5.35. The highest BCUT2D eigenvalue weighted by Crippen LogP contribution is 2.26. The summed E-state index contributed by atoms with van der Waals surface area (Å²) < 4.78 is 31.6. The maximum atomic E-state index is 13.1. The summed E-state index contributed by atoms with van der Waals surface area (Å²) in [6.07, 6.45) is -0.835. The number of hydrogen-bond acceptors (Lipinski definition) is 2. The molecule has 0 aromatic heterocycles. The van der Waals surface area contributed by atoms with Crippen LogP contribution in [0.3, 0.4) is 0 Å². The van der Waals surface area contributed by atoms with Crippen molar-refractivity contribution in [2.24, 2.45) is 0 Å². The molecule has 0 bridgehead atoms. The van der Waals surface area contributed by atoms with Gasteiger partial charge in [0.2, 0.25) is 0 Å². The Labute approximate surface area is 110 Å². The third-order valence-electron chi connectivity index (χ3n) is 2.71. The fraction of sp³-hybridized carbons (Fsp3) is 0.200. The lowest BCUT2D eigenvalue weighted by Gasteiger charge is -2.13. The van der Waals surface area contributed by atoms with Gasteiger partial charge in [0.1, 0.15) is 24.0 Å². The molecule has 0 saturated carbocycles. The predicted octanol–water partition coefficient (Wildman–Crippen LogP) is 3.60. The van der Waals surface area contributed by atoms with Gasteiger partial charge in [-0.05, 0) is 42.8 Å². The van der Waals surface area contributed by atoms with E-state index in [1.54, 1.807) is 12.1 Å². The first-order valence-electron chi connectivity index (χ1n) is 5.91. The molecule has 0 aliphatic heterocycles. The average molecular weight is 264 g/mol. The van der Waals surface area contributed by atoms with Gasteiger partial charge < -0.3 is 9.84 Å². The molecule has 4 heteroatoms. The van der Waals surface area contributed by atoms with Crippen LogP contribution >= 0.6 is 0 Å². The fourth-order valence-electron chi connectivity index (χ4n) is 1.77. The van der Waals surface area contributed by atoms with Crippen LogP contribution in [0.25, 0.3) is 0 Å². The maximum absolute atomic E-state index is 13.1. The van der Waals surface area contributed by atoms with E-state index in [2.05, 4.69) is 0 Å². The van der Waals surface area contributed by atoms with Gasteiger partial charge in [-0.15, -0.1) is 0 Å². The second-order valence-electron chi connectivity index (χ2n) is 4.28. The van der Waals surface area contributed by atoms with Gasteiger partial charge in [-0.3, -0.25) is 0 Å². The third-order valence-corrected chi connectivity index (χ3v) is 2.71. The van der Waals surface area contributed by atoms with Crippen molar-refractivity contribution in [1.82, 2.24) is 0 Å². The first-order chi connectivity index (χ1) is 9.06. The van der Waals surface area contributed by atoms with Crippen LogP contribution < -0.4 is 4.74 Å². The number of aliphatic hydroxyl groups is 1. The zero-order valence-electron chi connectivity index (χ0n) is 10.4. The van der Waals surface area contributed by atoms with Crippen LogP contribution in [-0.4, -0.2) is 5.11 Å². The monoisotopic (exact) mass is 264 g/mol. The first-order valence-corrected chi connectivity index (χ1v) is 5.91. The van der Waals surface area contributed by atoms with E-state index < -0.39 is 11.9 Å². The Bertz CT molecular complexity index is 568. The summed E-state index contributed by atoms with van der Waals surface area (Å²) in [5.41, 5.74) is 1.04. The highest BCUT2D eigenvalue weighted by atomic mass is 19.1. The minimum Gasteiger partial charge on any atom is -0.489 e. The molecule has 0 amide bonds. The van der Waals surface area contributed by atoms with Crippen LogP contribution in [0.15, 0.2) is 42.5 Å². The normalized spacial score (nSPS) is 12.2. The van der Waals surface area contributed by atoms with Gasteiger partial charge in [-0.1, -0.05) is 12.1 Å². The molecule has 100 valence electrons. The minimum absolute atomic E-state index is 0.156. The van der Waals surface area contributed by atoms with Crippen molar-refractivity contribution in [1.29, 1.82) is 0 Å². The number of benzene rings is 2. The summed E-state index contributed by atoms with van der Waals surface area (Å²) in [5, 5.41) is 9.56. The zero-order chi connectivity index (χ0) is 13.8. The Kier molecular flexibility index (Phi) is 4.12. The number of hydrogen-bond donors (Lipinski definition) is 1. The van der Waals surface area contributed by atoms with Crippen LogP contribution in [0, 0.1) is 11.6 Å². The van der Waals surface area contributed by atoms with E-state index in [1.165, 1.54) is 37.3 Å². The molecule has 0 heterocycles. The Hall–Kier alpha value is -1.94. The quantitative estimate of drug-likeness (QED) is 0.914. The first kappa shape index (κ1) is 13.5. The summed E-state index contributed by atoms with van der Waals surface area (Å²) in [7, 11) is 0. The average Bonchev–Trinajstić information content (AvgIpc) is 2.37. The highest BCUT2D eigenvalue weighted by Gasteiger charge is 2.10. The minimum atomic E-state index is -0.835. The number of aliphatic hydroxyl groups excluding tert-OH is 1. The standard InChI is InChI=1S/C15H14F2O2/c1-10(18)14-8-13(17)5-6-15(14)19-9-11-3-2-4-12(16)7-11/h2-8,10,18H,9H2,1H3/t10-/m1/s1. The lowest BCUT2D eigenvalue weighted by Crippen LogP contribution is -2.01. The molecule has 0 fully saturated rings. The fourth-order valence-corrected chi connectivity index (χ4v) is 1.77. The lowest BCUT2D eigenvalue weighted by atomic mass is 10.1. The van der Waals surface area contributed by atoms with Crippen molar-refractivity contribution < 1.29 is 18.6 Å². The third kappa shape index (κ3) is 3.51. The van der Waals surface area contributed by atoms with Gasteiger partial charge in [0.25, 0.3) is 0 Å². The van der Waals surface area contributed by atoms with E-state index in [0.717, 1.165) is 0 Å². The van der Waals surface area contributed by atoms with E-state index in [0.29, 0.717) is 16.9 Å². The topological polar surface area (TPSA) is 29.5 Å². The Morgan fingerprint density at radius 2 is 1.84 bits per heavy atom. The second kappa shape index (κ2) is 5.80. The van der Waals surface area contributed by atoms with Crippen molar-refractivity contribution in [2.45, 2.75) is 19.6 Å². The largest absolute Gasteiger partial charge is 0.489 e. The number of rotatable bonds is 4. The smallest absolute Gasteiger partial charge is 0.125 e. The molecule has 1 atom stereocenters. The van der Waals surface area contributed by atoms with Crippen molar-refractivity contribution >= 4 is 0 Å². The second-order valence-corrected chi connectivity index (χ2v) is 4.28. The van der Waals surface area contributed by atoms with E-state index >= 15 is 0 Å². The molecular weight excluding hydrogens is 250 g/mol. The van der Waals surface area contributed by atoms with Gasteiger partial charge in [-0.2, -0.15) is 0 Å². The molecule has 0 unspecified atom stereocenters. The van der Waals surface area contributed by atoms with E-state index in [-0.39, 0.29) is 12.4 Å². The number of ether oxygens (including phenoxy) is 1. The van der Waals surface area contributed by atoms with E-state index in [1.807, 2.05) is 0 Å². The molecule has 0 aliphatic carbocycles. The summed E-state index contributed by atoms with van der Waals surface area (Å²) >= 11 is 0. The lowest BCUT2D eigenvalue weighted by molar-refractivity contribution is 0.189. The molecule has 0 radical (unpaired) electrons. The van der Waals surface area contributed by atoms with Crippen molar-refractivity contribution in [3.05, 3.63) is 65.2 Å². The summed E-state index contributed by atoms with van der Waals surface area (Å²) in [4.78, 5) is 0. The van der Waals surface area contributed by atoms with Crippen LogP contribution in [0.5, 0.6) is 5.75 Å². The summed E-state index contributed by atoms with van der Waals surface area (Å²) in [6, 6.07) is 9.98. The summed E-state index contributed by atoms with van der Waals surface area (Å²) in [5.74, 6) is -0.384. The molecule has 0 aliphatic rings. The number of halogens is 2. The maximum Gasteiger partial charge on any atom is 0.125 e. The van der Waals surface area contributed by atoms with Crippen molar-refractivity contribution in [3.63, 3.8) is 0 Å². The van der Waals surface area contributed by atoms with E-state index in [4.69, 9.17) is 4.74 Å². The molecule has 19 heavy (non-hydrogen) atoms. The molecule has 2 aromatic rings. The summed E-state index contributed by atoms with van der Waals surface area (Å²) in [6.45, 7) is 1.69. The van der Waals surface area contributed by atoms with Gasteiger partial charge >= 0.3 is 0 Å². The molecule has 0 spiro atoms. The SMILES string of the molecule is C[C@@H](O)c1cc(F)ccc1OCc1cccc(F)c1. The van der Waals surface area contributed by atoms with Crippen molar-refractivity contribution in [3.8, 4) is 5.75 Å². The van der Waals surface area contributed by atoms with E-state index in [9.17, 15) is 13.9 Å². The van der Waals surface area contributed by atoms with Crippen LogP contribution in [0.2, 0.25) is 0 Å². The van der Waals surface area contributed by atoms with Crippen LogP contribution in [0.1, 0.15) is 24.2 Å². The molecular formula is C15H14F2O2. The molecule has 0 saturated heterocycles. The zero-order valence-corrected chi connectivity index (χ0v) is 10.4. The van der Waals surface area contributed by atoms with Gasteiger partial charge in [0.05, 0.1) is 6.10 Å². The van der Waals surface area contributed by atoms with Gasteiger partial charge in [0, 0.05) is 5.56 Å². The van der Waals surface area contributed by atoms with Gasteiger partial charge in [-0.25, -0.2) is 8.78 Å².